The third-order valence-corrected chi connectivity index (χ3v) is 2.55. The van der Waals surface area contributed by atoms with Gasteiger partial charge in [0.05, 0.1) is 11.7 Å². The Bertz CT molecular complexity index is 402. The molecule has 0 spiro atoms. The Hall–Kier alpha value is -1.10. The summed E-state index contributed by atoms with van der Waals surface area (Å²) < 4.78 is 14.1. The third-order valence-electron chi connectivity index (χ3n) is 2.06. The molecule has 1 fully saturated rings. The van der Waals surface area contributed by atoms with Crippen molar-refractivity contribution in [3.8, 4) is 0 Å². The van der Waals surface area contributed by atoms with E-state index in [2.05, 4.69) is 26.2 Å². The normalized spacial score (nSPS) is 16.5. The van der Waals surface area contributed by atoms with Crippen LogP contribution in [0.1, 0.15) is 12.8 Å². The van der Waals surface area contributed by atoms with E-state index in [1.807, 2.05) is 0 Å². The number of aliphatic imine (C=N–C) groups is 1. The molecular formula is C10H11BrFN3. The van der Waals surface area contributed by atoms with E-state index in [1.165, 1.54) is 6.07 Å². The van der Waals surface area contributed by atoms with Crippen LogP contribution in [-0.4, -0.2) is 12.0 Å². The second kappa shape index (κ2) is 4.18. The molecule has 2 rings (SSSR count). The van der Waals surface area contributed by atoms with Crippen molar-refractivity contribution in [2.75, 3.05) is 5.32 Å². The van der Waals surface area contributed by atoms with Crippen LogP contribution < -0.4 is 11.1 Å². The summed E-state index contributed by atoms with van der Waals surface area (Å²) in [4.78, 5) is 4.16. The minimum absolute atomic E-state index is 0.273. The standard InChI is InChI=1S/C10H11BrFN3/c11-6-1-4-8(12)9(5-6)15-10(13)14-7-2-3-7/h1,4-5,7H,2-3H2,(H3,13,14,15). The van der Waals surface area contributed by atoms with Gasteiger partial charge >= 0.3 is 0 Å². The van der Waals surface area contributed by atoms with Gasteiger partial charge < -0.3 is 11.1 Å². The predicted octanol–water partition coefficient (Wildman–Crippen LogP) is 2.48. The Kier molecular flexibility index (Phi) is 2.90. The summed E-state index contributed by atoms with van der Waals surface area (Å²) in [7, 11) is 0. The second-order valence-corrected chi connectivity index (χ2v) is 4.41. The average molecular weight is 272 g/mol. The molecule has 1 aromatic rings. The maximum absolute atomic E-state index is 13.3. The van der Waals surface area contributed by atoms with Crippen molar-refractivity contribution in [1.82, 2.24) is 0 Å². The van der Waals surface area contributed by atoms with E-state index in [0.717, 1.165) is 17.3 Å². The summed E-state index contributed by atoms with van der Waals surface area (Å²) in [6.45, 7) is 0. The number of nitrogens with one attached hydrogen (secondary N) is 1. The van der Waals surface area contributed by atoms with Gasteiger partial charge in [0.2, 0.25) is 0 Å². The third kappa shape index (κ3) is 2.92. The zero-order chi connectivity index (χ0) is 10.8. The molecule has 5 heteroatoms. The molecule has 15 heavy (non-hydrogen) atoms. The molecule has 0 heterocycles. The van der Waals surface area contributed by atoms with E-state index in [-0.39, 0.29) is 11.8 Å². The molecule has 0 aliphatic heterocycles. The van der Waals surface area contributed by atoms with Crippen LogP contribution in [0.25, 0.3) is 0 Å². The zero-order valence-electron chi connectivity index (χ0n) is 8.00. The fraction of sp³-hybridized carbons (Fsp3) is 0.300. The zero-order valence-corrected chi connectivity index (χ0v) is 9.59. The Labute approximate surface area is 95.7 Å². The monoisotopic (exact) mass is 271 g/mol. The van der Waals surface area contributed by atoms with Crippen LogP contribution in [0.3, 0.4) is 0 Å². The molecule has 0 bridgehead atoms. The Balaban J connectivity index is 2.11. The van der Waals surface area contributed by atoms with Crippen molar-refractivity contribution in [2.24, 2.45) is 10.7 Å². The number of hydrogen-bond donors (Lipinski definition) is 2. The van der Waals surface area contributed by atoms with Crippen molar-refractivity contribution in [3.05, 3.63) is 28.5 Å². The van der Waals surface area contributed by atoms with Crippen LogP contribution in [0.2, 0.25) is 0 Å². The highest BCUT2D eigenvalue weighted by atomic mass is 79.9. The first-order valence-electron chi connectivity index (χ1n) is 4.70. The van der Waals surface area contributed by atoms with Crippen molar-refractivity contribution >= 4 is 27.6 Å². The molecule has 1 saturated carbocycles. The molecule has 1 aromatic carbocycles. The summed E-state index contributed by atoms with van der Waals surface area (Å²) in [6, 6.07) is 4.96. The van der Waals surface area contributed by atoms with Crippen LogP contribution in [0, 0.1) is 5.82 Å². The topological polar surface area (TPSA) is 50.4 Å². The summed E-state index contributed by atoms with van der Waals surface area (Å²) in [5, 5.41) is 2.75. The SMILES string of the molecule is NC(=NC1CC1)Nc1cc(Br)ccc1F. The number of hydrogen-bond acceptors (Lipinski definition) is 1. The minimum atomic E-state index is -0.341. The lowest BCUT2D eigenvalue weighted by Gasteiger charge is -2.06. The van der Waals surface area contributed by atoms with E-state index in [9.17, 15) is 4.39 Å². The summed E-state index contributed by atoms with van der Waals surface area (Å²) in [5.41, 5.74) is 5.96. The highest BCUT2D eigenvalue weighted by Crippen LogP contribution is 2.24. The van der Waals surface area contributed by atoms with Gasteiger partial charge in [-0.1, -0.05) is 15.9 Å². The molecule has 0 unspecified atom stereocenters. The van der Waals surface area contributed by atoms with Crippen LogP contribution in [-0.2, 0) is 0 Å². The highest BCUT2D eigenvalue weighted by molar-refractivity contribution is 9.10. The van der Waals surface area contributed by atoms with Crippen LogP contribution >= 0.6 is 15.9 Å². The summed E-state index contributed by atoms with van der Waals surface area (Å²) >= 11 is 3.26. The molecule has 1 aliphatic carbocycles. The molecule has 80 valence electrons. The number of anilines is 1. The minimum Gasteiger partial charge on any atom is -0.370 e. The van der Waals surface area contributed by atoms with Gasteiger partial charge in [-0.2, -0.15) is 0 Å². The molecule has 0 radical (unpaired) electrons. The van der Waals surface area contributed by atoms with Gasteiger partial charge in [-0.25, -0.2) is 9.38 Å². The van der Waals surface area contributed by atoms with E-state index in [1.54, 1.807) is 12.1 Å². The number of nitrogens with two attached hydrogens (primary N) is 1. The quantitative estimate of drug-likeness (QED) is 0.642. The van der Waals surface area contributed by atoms with Gasteiger partial charge in [0.1, 0.15) is 5.82 Å². The molecule has 0 atom stereocenters. The summed E-state index contributed by atoms with van der Waals surface area (Å²) in [5.74, 6) is -0.0679. The number of halogens is 2. The number of nitrogens with zero attached hydrogens (tertiary/aromatic N) is 1. The largest absolute Gasteiger partial charge is 0.370 e. The van der Waals surface area contributed by atoms with E-state index < -0.39 is 0 Å². The fourth-order valence-corrected chi connectivity index (χ4v) is 1.52. The maximum atomic E-state index is 13.3. The van der Waals surface area contributed by atoms with Gasteiger partial charge in [0.25, 0.3) is 0 Å². The molecule has 3 N–H and O–H groups in total. The van der Waals surface area contributed by atoms with Crippen molar-refractivity contribution < 1.29 is 4.39 Å². The van der Waals surface area contributed by atoms with Gasteiger partial charge in [-0.15, -0.1) is 0 Å². The van der Waals surface area contributed by atoms with Crippen LogP contribution in [0.4, 0.5) is 10.1 Å². The Morgan fingerprint density at radius 1 is 1.53 bits per heavy atom. The first-order valence-corrected chi connectivity index (χ1v) is 5.50. The van der Waals surface area contributed by atoms with Crippen LogP contribution in [0.5, 0.6) is 0 Å². The number of guanidine groups is 1. The Morgan fingerprint density at radius 3 is 2.93 bits per heavy atom. The lowest BCUT2D eigenvalue weighted by atomic mass is 10.3. The van der Waals surface area contributed by atoms with Gasteiger partial charge in [-0.3, -0.25) is 0 Å². The highest BCUT2D eigenvalue weighted by Gasteiger charge is 2.20. The lowest BCUT2D eigenvalue weighted by Crippen LogP contribution is -2.23. The predicted molar refractivity (Wildman–Crippen MR) is 62.4 cm³/mol. The first-order chi connectivity index (χ1) is 7.15. The van der Waals surface area contributed by atoms with Gasteiger partial charge in [-0.05, 0) is 31.0 Å². The molecular weight excluding hydrogens is 261 g/mol. The van der Waals surface area contributed by atoms with E-state index in [0.29, 0.717) is 11.7 Å². The summed E-state index contributed by atoms with van der Waals surface area (Å²) in [6.07, 6.45) is 2.15. The second-order valence-electron chi connectivity index (χ2n) is 3.49. The number of benzene rings is 1. The average Bonchev–Trinajstić information content (AvgIpc) is 2.95. The van der Waals surface area contributed by atoms with E-state index in [4.69, 9.17) is 5.73 Å². The molecule has 0 aromatic heterocycles. The van der Waals surface area contributed by atoms with Crippen molar-refractivity contribution in [3.63, 3.8) is 0 Å². The molecule has 1 aliphatic rings. The molecule has 0 saturated heterocycles. The molecule has 3 nitrogen and oxygen atoms in total. The molecule has 0 amide bonds. The smallest absolute Gasteiger partial charge is 0.193 e. The number of rotatable bonds is 2. The van der Waals surface area contributed by atoms with Crippen molar-refractivity contribution in [2.45, 2.75) is 18.9 Å². The maximum Gasteiger partial charge on any atom is 0.193 e. The Morgan fingerprint density at radius 2 is 2.27 bits per heavy atom. The van der Waals surface area contributed by atoms with E-state index >= 15 is 0 Å². The fourth-order valence-electron chi connectivity index (χ4n) is 1.16. The van der Waals surface area contributed by atoms with Gasteiger partial charge in [0, 0.05) is 4.47 Å². The van der Waals surface area contributed by atoms with Crippen molar-refractivity contribution in [1.29, 1.82) is 0 Å². The van der Waals surface area contributed by atoms with Crippen LogP contribution in [0.15, 0.2) is 27.7 Å². The first kappa shape index (κ1) is 10.4. The lowest BCUT2D eigenvalue weighted by molar-refractivity contribution is 0.632. The van der Waals surface area contributed by atoms with Gasteiger partial charge in [0.15, 0.2) is 5.96 Å².